The number of aliphatic hydroxyl groups is 2. The van der Waals surface area contributed by atoms with Gasteiger partial charge in [-0.15, -0.1) is 0 Å². The molecule has 0 saturated carbocycles. The first kappa shape index (κ1) is 38.7. The largest absolute Gasteiger partial charge is 0.455 e. The second-order valence-corrected chi connectivity index (χ2v) is 12.4. The first-order chi connectivity index (χ1) is 20.1. The molecular formula is C30H56O11S. The van der Waals surface area contributed by atoms with E-state index >= 15 is 0 Å². The molecule has 5 atom stereocenters. The van der Waals surface area contributed by atoms with E-state index in [2.05, 4.69) is 18.0 Å². The molecule has 0 aromatic carbocycles. The number of ether oxygens (including phenoxy) is 3. The molecule has 0 aliphatic carbocycles. The van der Waals surface area contributed by atoms with Gasteiger partial charge in [-0.2, -0.15) is 8.42 Å². The Balaban J connectivity index is 2.59. The van der Waals surface area contributed by atoms with E-state index in [1.165, 1.54) is 57.8 Å². The normalized spacial score (nSPS) is 22.6. The summed E-state index contributed by atoms with van der Waals surface area (Å²) in [6.07, 6.45) is 11.3. The molecule has 0 unspecified atom stereocenters. The van der Waals surface area contributed by atoms with E-state index in [-0.39, 0.29) is 12.8 Å². The lowest BCUT2D eigenvalue weighted by molar-refractivity contribution is -0.292. The summed E-state index contributed by atoms with van der Waals surface area (Å²) in [5.74, 6) is -1.28. The Morgan fingerprint density at radius 1 is 0.643 bits per heavy atom. The van der Waals surface area contributed by atoms with Crippen LogP contribution in [0, 0.1) is 0 Å². The van der Waals surface area contributed by atoms with Crippen molar-refractivity contribution in [3.05, 3.63) is 0 Å². The molecular weight excluding hydrogens is 568 g/mol. The Kier molecular flexibility index (Phi) is 21.3. The van der Waals surface area contributed by atoms with Crippen LogP contribution in [-0.2, 0) is 38.4 Å². The summed E-state index contributed by atoms with van der Waals surface area (Å²) < 4.78 is 51.2. The molecule has 248 valence electrons. The van der Waals surface area contributed by atoms with Crippen LogP contribution in [-0.4, -0.2) is 72.4 Å². The molecule has 1 aliphatic heterocycles. The minimum Gasteiger partial charge on any atom is -0.455 e. The molecule has 1 aliphatic rings. The molecule has 12 heteroatoms. The van der Waals surface area contributed by atoms with Crippen LogP contribution in [0.25, 0.3) is 0 Å². The number of hydrogen-bond acceptors (Lipinski definition) is 10. The van der Waals surface area contributed by atoms with Gasteiger partial charge in [0.05, 0.1) is 6.61 Å². The fourth-order valence-electron chi connectivity index (χ4n) is 5.04. The molecule has 1 fully saturated rings. The van der Waals surface area contributed by atoms with Crippen LogP contribution in [0.4, 0.5) is 0 Å². The number of unbranched alkanes of at least 4 members (excludes halogenated alkanes) is 16. The molecule has 1 saturated heterocycles. The summed E-state index contributed by atoms with van der Waals surface area (Å²) in [6.45, 7) is 3.51. The molecule has 0 aromatic heterocycles. The van der Waals surface area contributed by atoms with Crippen molar-refractivity contribution in [2.75, 3.05) is 6.61 Å². The lowest BCUT2D eigenvalue weighted by Gasteiger charge is -2.41. The van der Waals surface area contributed by atoms with Gasteiger partial charge >= 0.3 is 22.3 Å². The second-order valence-electron chi connectivity index (χ2n) is 11.3. The molecule has 11 nitrogen and oxygen atoms in total. The minimum absolute atomic E-state index is 0.0707. The maximum Gasteiger partial charge on any atom is 0.397 e. The molecule has 3 N–H and O–H groups in total. The van der Waals surface area contributed by atoms with Crippen LogP contribution >= 0.6 is 0 Å². The van der Waals surface area contributed by atoms with E-state index in [1.54, 1.807) is 0 Å². The van der Waals surface area contributed by atoms with E-state index in [0.717, 1.165) is 44.9 Å². The van der Waals surface area contributed by atoms with Gasteiger partial charge in [-0.05, 0) is 12.8 Å². The Hall–Kier alpha value is -1.31. The topological polar surface area (TPSA) is 166 Å². The van der Waals surface area contributed by atoms with Crippen molar-refractivity contribution >= 4 is 22.3 Å². The standard InChI is InChI=1S/C30H56O11S/c1-3-5-7-9-11-13-15-17-19-21-25(31)40-28-27(33)24(23-38-42(35,36)37)39-30(34)29(28)41-26(32)22-20-18-16-14-12-10-8-6-4-2/h24,27-30,33-34H,3-23H2,1-2H3,(H,35,36,37)/t24-,27-,28+,29-,30+/m1/s1. The van der Waals surface area contributed by atoms with Crippen LogP contribution in [0.3, 0.4) is 0 Å². The van der Waals surface area contributed by atoms with Crippen LogP contribution in [0.2, 0.25) is 0 Å². The fourth-order valence-corrected chi connectivity index (χ4v) is 5.35. The van der Waals surface area contributed by atoms with Crippen LogP contribution in [0.15, 0.2) is 0 Å². The summed E-state index contributed by atoms with van der Waals surface area (Å²) >= 11 is 0. The van der Waals surface area contributed by atoms with Crippen LogP contribution in [0.5, 0.6) is 0 Å². The van der Waals surface area contributed by atoms with Crippen LogP contribution in [0.1, 0.15) is 142 Å². The van der Waals surface area contributed by atoms with Gasteiger partial charge in [0.2, 0.25) is 0 Å². The Morgan fingerprint density at radius 3 is 1.43 bits per heavy atom. The zero-order chi connectivity index (χ0) is 31.2. The SMILES string of the molecule is CCCCCCCCCCCC(=O)O[C@@H]1[C@@H](OC(=O)CCCCCCCCCCC)[C@H](O)[C@@H](COS(=O)(=O)O)O[C@@H]1O. The van der Waals surface area contributed by atoms with Crippen molar-refractivity contribution in [3.63, 3.8) is 0 Å². The van der Waals surface area contributed by atoms with Crippen molar-refractivity contribution in [1.82, 2.24) is 0 Å². The van der Waals surface area contributed by atoms with Gasteiger partial charge in [-0.25, -0.2) is 4.18 Å². The summed E-state index contributed by atoms with van der Waals surface area (Å²) in [7, 11) is -4.85. The summed E-state index contributed by atoms with van der Waals surface area (Å²) in [4.78, 5) is 25.2. The Morgan fingerprint density at radius 2 is 1.02 bits per heavy atom. The summed E-state index contributed by atoms with van der Waals surface area (Å²) in [5.41, 5.74) is 0. The third kappa shape index (κ3) is 18.4. The van der Waals surface area contributed by atoms with E-state index in [9.17, 15) is 28.2 Å². The van der Waals surface area contributed by atoms with Crippen molar-refractivity contribution in [2.45, 2.75) is 173 Å². The third-order valence-corrected chi connectivity index (χ3v) is 7.96. The second kappa shape index (κ2) is 23.1. The molecule has 0 bridgehead atoms. The van der Waals surface area contributed by atoms with Gasteiger partial charge in [0.25, 0.3) is 0 Å². The average molecular weight is 625 g/mol. The van der Waals surface area contributed by atoms with Crippen molar-refractivity contribution < 1.29 is 51.2 Å². The average Bonchev–Trinajstić information content (AvgIpc) is 2.93. The van der Waals surface area contributed by atoms with E-state index in [1.807, 2.05) is 0 Å². The predicted octanol–water partition coefficient (Wildman–Crippen LogP) is 5.55. The monoisotopic (exact) mass is 624 g/mol. The van der Waals surface area contributed by atoms with Gasteiger partial charge < -0.3 is 24.4 Å². The molecule has 0 spiro atoms. The smallest absolute Gasteiger partial charge is 0.397 e. The van der Waals surface area contributed by atoms with E-state index in [0.29, 0.717) is 12.8 Å². The maximum atomic E-state index is 12.6. The zero-order valence-electron chi connectivity index (χ0n) is 25.8. The molecule has 1 heterocycles. The van der Waals surface area contributed by atoms with Gasteiger partial charge in [0, 0.05) is 12.8 Å². The van der Waals surface area contributed by atoms with Crippen molar-refractivity contribution in [1.29, 1.82) is 0 Å². The first-order valence-corrected chi connectivity index (χ1v) is 17.5. The van der Waals surface area contributed by atoms with E-state index < -0.39 is 59.7 Å². The number of esters is 2. The lowest BCUT2D eigenvalue weighted by Crippen LogP contribution is -2.61. The highest BCUT2D eigenvalue weighted by atomic mass is 32.3. The van der Waals surface area contributed by atoms with Gasteiger partial charge in [0.1, 0.15) is 12.2 Å². The maximum absolute atomic E-state index is 12.6. The fraction of sp³-hybridized carbons (Fsp3) is 0.933. The number of hydrogen-bond donors (Lipinski definition) is 3. The lowest BCUT2D eigenvalue weighted by atomic mass is 9.98. The highest BCUT2D eigenvalue weighted by Gasteiger charge is 2.49. The molecule has 0 aromatic rings. The number of carbonyl (C=O) groups excluding carboxylic acids is 2. The van der Waals surface area contributed by atoms with E-state index in [4.69, 9.17) is 18.8 Å². The summed E-state index contributed by atoms with van der Waals surface area (Å²) in [5, 5.41) is 21.3. The highest BCUT2D eigenvalue weighted by Crippen LogP contribution is 2.27. The minimum atomic E-state index is -4.85. The van der Waals surface area contributed by atoms with Crippen molar-refractivity contribution in [3.8, 4) is 0 Å². The van der Waals surface area contributed by atoms with Gasteiger partial charge in [0.15, 0.2) is 18.5 Å². The number of aliphatic hydroxyl groups excluding tert-OH is 2. The number of rotatable bonds is 25. The van der Waals surface area contributed by atoms with Crippen LogP contribution < -0.4 is 0 Å². The molecule has 1 rings (SSSR count). The third-order valence-electron chi connectivity index (χ3n) is 7.52. The highest BCUT2D eigenvalue weighted by molar-refractivity contribution is 7.80. The molecule has 42 heavy (non-hydrogen) atoms. The zero-order valence-corrected chi connectivity index (χ0v) is 26.6. The van der Waals surface area contributed by atoms with Crippen molar-refractivity contribution in [2.24, 2.45) is 0 Å². The summed E-state index contributed by atoms with van der Waals surface area (Å²) in [6, 6.07) is 0. The molecule has 0 amide bonds. The number of carbonyl (C=O) groups is 2. The Bertz CT molecular complexity index is 820. The molecule has 0 radical (unpaired) electrons. The predicted molar refractivity (Wildman–Crippen MR) is 158 cm³/mol. The first-order valence-electron chi connectivity index (χ1n) is 16.1. The quantitative estimate of drug-likeness (QED) is 0.0662. The Labute approximate surface area is 253 Å². The van der Waals surface area contributed by atoms with Gasteiger partial charge in [-0.3, -0.25) is 14.1 Å². The van der Waals surface area contributed by atoms with Gasteiger partial charge in [-0.1, -0.05) is 117 Å².